The number of ether oxygens (including phenoxy) is 1. The second kappa shape index (κ2) is 5.09. The number of aromatic nitrogens is 2. The number of pyridine rings is 2. The molecule has 102 valence electrons. The number of carbonyl (C=O) groups excluding carboxylic acids is 1. The summed E-state index contributed by atoms with van der Waals surface area (Å²) >= 11 is 5.85. The van der Waals surface area contributed by atoms with Gasteiger partial charge in [-0.25, -0.2) is 4.98 Å². The molecular formula is C14H12ClN3O2. The van der Waals surface area contributed by atoms with Gasteiger partial charge in [-0.2, -0.15) is 0 Å². The minimum atomic E-state index is -0.0922. The van der Waals surface area contributed by atoms with Crippen molar-refractivity contribution < 1.29 is 9.53 Å². The molecule has 0 N–H and O–H groups in total. The van der Waals surface area contributed by atoms with E-state index in [4.69, 9.17) is 16.3 Å². The molecule has 1 amide bonds. The summed E-state index contributed by atoms with van der Waals surface area (Å²) in [5.74, 6) is 0.529. The van der Waals surface area contributed by atoms with E-state index in [1.165, 1.54) is 0 Å². The van der Waals surface area contributed by atoms with Crippen molar-refractivity contribution in [3.63, 3.8) is 0 Å². The molecule has 0 spiro atoms. The monoisotopic (exact) mass is 289 g/mol. The number of fused-ring (bicyclic) bond motifs is 1. The van der Waals surface area contributed by atoms with Crippen LogP contribution in [-0.2, 0) is 6.42 Å². The summed E-state index contributed by atoms with van der Waals surface area (Å²) in [7, 11) is 1.57. The van der Waals surface area contributed by atoms with E-state index >= 15 is 0 Å². The van der Waals surface area contributed by atoms with Gasteiger partial charge in [0.25, 0.3) is 5.91 Å². The maximum absolute atomic E-state index is 12.5. The van der Waals surface area contributed by atoms with Gasteiger partial charge in [0.05, 0.1) is 36.4 Å². The van der Waals surface area contributed by atoms with Crippen molar-refractivity contribution in [3.8, 4) is 5.75 Å². The summed E-state index contributed by atoms with van der Waals surface area (Å²) in [5.41, 5.74) is 2.05. The highest BCUT2D eigenvalue weighted by Gasteiger charge is 2.26. The number of carbonyl (C=O) groups is 1. The van der Waals surface area contributed by atoms with Gasteiger partial charge in [-0.15, -0.1) is 0 Å². The first kappa shape index (κ1) is 12.9. The standard InChI is InChI=1S/C14H12ClN3O2/c1-20-10-6-9(7-16-8-10)18-5-4-12-11(14(18)19)2-3-13(15)17-12/h2-3,6-8H,4-5H2,1H3. The number of nitrogens with zero attached hydrogens (tertiary/aromatic N) is 3. The van der Waals surface area contributed by atoms with E-state index in [9.17, 15) is 4.79 Å². The molecule has 0 aromatic carbocycles. The van der Waals surface area contributed by atoms with Gasteiger partial charge in [-0.1, -0.05) is 11.6 Å². The summed E-state index contributed by atoms with van der Waals surface area (Å²) in [4.78, 5) is 22.5. The largest absolute Gasteiger partial charge is 0.495 e. The zero-order valence-corrected chi connectivity index (χ0v) is 11.6. The smallest absolute Gasteiger partial charge is 0.260 e. The molecule has 3 heterocycles. The summed E-state index contributed by atoms with van der Waals surface area (Å²) in [5, 5.41) is 0.410. The maximum atomic E-state index is 12.5. The molecule has 0 atom stereocenters. The zero-order chi connectivity index (χ0) is 14.1. The van der Waals surface area contributed by atoms with Crippen LogP contribution in [-0.4, -0.2) is 29.5 Å². The van der Waals surface area contributed by atoms with Gasteiger partial charge in [-0.3, -0.25) is 9.78 Å². The normalized spacial score (nSPS) is 14.1. The Morgan fingerprint density at radius 3 is 3.00 bits per heavy atom. The lowest BCUT2D eigenvalue weighted by Gasteiger charge is -2.27. The van der Waals surface area contributed by atoms with Gasteiger partial charge in [0.15, 0.2) is 0 Å². The Balaban J connectivity index is 1.97. The fraction of sp³-hybridized carbons (Fsp3) is 0.214. The molecule has 1 aliphatic rings. The molecule has 0 fully saturated rings. The highest BCUT2D eigenvalue weighted by atomic mass is 35.5. The van der Waals surface area contributed by atoms with Crippen LogP contribution in [0.25, 0.3) is 0 Å². The minimum Gasteiger partial charge on any atom is -0.495 e. The topological polar surface area (TPSA) is 55.3 Å². The predicted molar refractivity (Wildman–Crippen MR) is 75.4 cm³/mol. The second-order valence-electron chi connectivity index (χ2n) is 4.42. The lowest BCUT2D eigenvalue weighted by Crippen LogP contribution is -2.38. The highest BCUT2D eigenvalue weighted by Crippen LogP contribution is 2.26. The molecule has 5 nitrogen and oxygen atoms in total. The molecule has 0 aliphatic carbocycles. The molecule has 6 heteroatoms. The van der Waals surface area contributed by atoms with Crippen LogP contribution in [0.15, 0.2) is 30.6 Å². The van der Waals surface area contributed by atoms with Crippen molar-refractivity contribution in [2.75, 3.05) is 18.6 Å². The van der Waals surface area contributed by atoms with Crippen molar-refractivity contribution in [2.24, 2.45) is 0 Å². The number of halogens is 1. The van der Waals surface area contributed by atoms with Crippen LogP contribution < -0.4 is 9.64 Å². The Kier molecular flexibility index (Phi) is 3.28. The van der Waals surface area contributed by atoms with Crippen molar-refractivity contribution in [3.05, 3.63) is 47.0 Å². The Labute approximate surface area is 121 Å². The molecule has 2 aromatic heterocycles. The quantitative estimate of drug-likeness (QED) is 0.796. The van der Waals surface area contributed by atoms with Crippen molar-refractivity contribution in [1.29, 1.82) is 0 Å². The van der Waals surface area contributed by atoms with Gasteiger partial charge in [0, 0.05) is 19.0 Å². The van der Waals surface area contributed by atoms with Crippen LogP contribution in [0.1, 0.15) is 16.1 Å². The second-order valence-corrected chi connectivity index (χ2v) is 4.81. The molecule has 0 radical (unpaired) electrons. The molecule has 1 aliphatic heterocycles. The van der Waals surface area contributed by atoms with E-state index in [1.54, 1.807) is 42.6 Å². The molecule has 2 aromatic rings. The van der Waals surface area contributed by atoms with Crippen molar-refractivity contribution in [2.45, 2.75) is 6.42 Å². The Morgan fingerprint density at radius 2 is 2.20 bits per heavy atom. The van der Waals surface area contributed by atoms with E-state index in [0.29, 0.717) is 29.4 Å². The maximum Gasteiger partial charge on any atom is 0.260 e. The van der Waals surface area contributed by atoms with Crippen LogP contribution >= 0.6 is 11.6 Å². The summed E-state index contributed by atoms with van der Waals surface area (Å²) in [6.07, 6.45) is 3.92. The lowest BCUT2D eigenvalue weighted by atomic mass is 10.0. The van der Waals surface area contributed by atoms with E-state index in [0.717, 1.165) is 11.4 Å². The van der Waals surface area contributed by atoms with E-state index in [-0.39, 0.29) is 5.91 Å². The molecular weight excluding hydrogens is 278 g/mol. The van der Waals surface area contributed by atoms with Crippen LogP contribution in [0.4, 0.5) is 5.69 Å². The summed E-state index contributed by atoms with van der Waals surface area (Å²) in [6, 6.07) is 5.14. The molecule has 20 heavy (non-hydrogen) atoms. The molecule has 3 rings (SSSR count). The minimum absolute atomic E-state index is 0.0922. The fourth-order valence-corrected chi connectivity index (χ4v) is 2.40. The van der Waals surface area contributed by atoms with Gasteiger partial charge in [0.2, 0.25) is 0 Å². The molecule has 0 saturated heterocycles. The third-order valence-electron chi connectivity index (χ3n) is 3.23. The number of rotatable bonds is 2. The Morgan fingerprint density at radius 1 is 1.35 bits per heavy atom. The number of anilines is 1. The van der Waals surface area contributed by atoms with Crippen LogP contribution in [0.3, 0.4) is 0 Å². The third-order valence-corrected chi connectivity index (χ3v) is 3.44. The van der Waals surface area contributed by atoms with Crippen LogP contribution in [0.5, 0.6) is 5.75 Å². The Bertz CT molecular complexity index is 675. The van der Waals surface area contributed by atoms with Gasteiger partial charge < -0.3 is 9.64 Å². The molecule has 0 bridgehead atoms. The third kappa shape index (κ3) is 2.20. The first-order chi connectivity index (χ1) is 9.69. The lowest BCUT2D eigenvalue weighted by molar-refractivity contribution is 0.0980. The number of methoxy groups -OCH3 is 1. The number of hydrogen-bond donors (Lipinski definition) is 0. The fourth-order valence-electron chi connectivity index (χ4n) is 2.24. The van der Waals surface area contributed by atoms with Gasteiger partial charge in [0.1, 0.15) is 10.9 Å². The van der Waals surface area contributed by atoms with E-state index in [1.807, 2.05) is 0 Å². The van der Waals surface area contributed by atoms with Crippen molar-refractivity contribution >= 4 is 23.2 Å². The molecule has 0 saturated carbocycles. The van der Waals surface area contributed by atoms with E-state index in [2.05, 4.69) is 9.97 Å². The number of amides is 1. The first-order valence-corrected chi connectivity index (χ1v) is 6.53. The average molecular weight is 290 g/mol. The van der Waals surface area contributed by atoms with Crippen LogP contribution in [0, 0.1) is 0 Å². The van der Waals surface area contributed by atoms with Gasteiger partial charge in [-0.05, 0) is 12.1 Å². The summed E-state index contributed by atoms with van der Waals surface area (Å²) < 4.78 is 5.14. The predicted octanol–water partition coefficient (Wildman–Crippen LogP) is 2.34. The number of hydrogen-bond acceptors (Lipinski definition) is 4. The Hall–Kier alpha value is -2.14. The first-order valence-electron chi connectivity index (χ1n) is 6.15. The SMILES string of the molecule is COc1cncc(N2CCc3nc(Cl)ccc3C2=O)c1. The average Bonchev–Trinajstić information content (AvgIpc) is 2.47. The van der Waals surface area contributed by atoms with Crippen molar-refractivity contribution in [1.82, 2.24) is 9.97 Å². The summed E-state index contributed by atoms with van der Waals surface area (Å²) in [6.45, 7) is 0.550. The highest BCUT2D eigenvalue weighted by molar-refractivity contribution is 6.29. The van der Waals surface area contributed by atoms with Gasteiger partial charge >= 0.3 is 0 Å². The van der Waals surface area contributed by atoms with Crippen LogP contribution in [0.2, 0.25) is 5.15 Å². The molecule has 0 unspecified atom stereocenters. The zero-order valence-electron chi connectivity index (χ0n) is 10.8. The van der Waals surface area contributed by atoms with E-state index < -0.39 is 0 Å².